The maximum absolute atomic E-state index is 11.7. The van der Waals surface area contributed by atoms with Gasteiger partial charge in [-0.1, -0.05) is 52.8 Å². The molecule has 0 saturated heterocycles. The van der Waals surface area contributed by atoms with Crippen LogP contribution in [0.4, 0.5) is 0 Å². The lowest BCUT2D eigenvalue weighted by molar-refractivity contribution is -0.130. The topological polar surface area (TPSA) is 26.3 Å². The van der Waals surface area contributed by atoms with Gasteiger partial charge in [0.05, 0.1) is 0 Å². The lowest BCUT2D eigenvalue weighted by Gasteiger charge is -2.10. The summed E-state index contributed by atoms with van der Waals surface area (Å²) >= 11 is 3.38. The Morgan fingerprint density at radius 1 is 1.16 bits per heavy atom. The van der Waals surface area contributed by atoms with Crippen LogP contribution in [0.2, 0.25) is 0 Å². The second kappa shape index (κ2) is 5.85. The summed E-state index contributed by atoms with van der Waals surface area (Å²) in [6.07, 6.45) is 0. The normalized spacial score (nSPS) is 10.0. The predicted molar refractivity (Wildman–Crippen MR) is 80.0 cm³/mol. The van der Waals surface area contributed by atoms with Crippen LogP contribution in [0.5, 0.6) is 5.75 Å². The summed E-state index contributed by atoms with van der Waals surface area (Å²) in [5.74, 6) is 0.101. The van der Waals surface area contributed by atoms with Crippen molar-refractivity contribution >= 4 is 21.9 Å². The monoisotopic (exact) mass is 316 g/mol. The number of halogens is 1. The fraction of sp³-hybridized carbons (Fsp3) is 0.0625. The molecule has 0 spiro atoms. The minimum atomic E-state index is -0.421. The molecule has 0 heterocycles. The van der Waals surface area contributed by atoms with Crippen LogP contribution in [-0.2, 0) is 4.79 Å². The van der Waals surface area contributed by atoms with E-state index >= 15 is 0 Å². The van der Waals surface area contributed by atoms with Crippen LogP contribution in [0, 0.1) is 0 Å². The first-order valence-corrected chi connectivity index (χ1v) is 6.60. The first-order valence-electron chi connectivity index (χ1n) is 5.80. The summed E-state index contributed by atoms with van der Waals surface area (Å²) in [6.45, 7) is 5.22. The van der Waals surface area contributed by atoms with E-state index in [9.17, 15) is 4.79 Å². The zero-order valence-electron chi connectivity index (χ0n) is 10.5. The smallest absolute Gasteiger partial charge is 0.338 e. The van der Waals surface area contributed by atoms with Crippen molar-refractivity contribution in [3.8, 4) is 16.9 Å². The van der Waals surface area contributed by atoms with Crippen LogP contribution < -0.4 is 4.74 Å². The van der Waals surface area contributed by atoms with Gasteiger partial charge in [0.25, 0.3) is 0 Å². The predicted octanol–water partition coefficient (Wildman–Crippen LogP) is 4.60. The van der Waals surface area contributed by atoms with E-state index in [1.165, 1.54) is 0 Å². The molecule has 2 aromatic rings. The standard InChI is InChI=1S/C16H13BrO2/c1-11(2)16(18)19-15-10-13(17)8-9-14(15)12-6-4-3-5-7-12/h3-10H,1H2,2H3. The molecule has 96 valence electrons. The molecule has 3 heteroatoms. The molecular weight excluding hydrogens is 304 g/mol. The average molecular weight is 317 g/mol. The van der Waals surface area contributed by atoms with Crippen LogP contribution in [0.15, 0.2) is 65.2 Å². The van der Waals surface area contributed by atoms with Crippen molar-refractivity contribution < 1.29 is 9.53 Å². The summed E-state index contributed by atoms with van der Waals surface area (Å²) < 4.78 is 6.23. The van der Waals surface area contributed by atoms with E-state index in [1.54, 1.807) is 13.0 Å². The Kier molecular flexibility index (Phi) is 4.17. The molecule has 2 rings (SSSR count). The molecule has 0 atom stereocenters. The number of esters is 1. The average Bonchev–Trinajstić information content (AvgIpc) is 2.39. The molecule has 0 bridgehead atoms. The quantitative estimate of drug-likeness (QED) is 0.470. The van der Waals surface area contributed by atoms with Crippen molar-refractivity contribution in [2.45, 2.75) is 6.92 Å². The van der Waals surface area contributed by atoms with Crippen molar-refractivity contribution in [2.75, 3.05) is 0 Å². The second-order valence-electron chi connectivity index (χ2n) is 4.18. The van der Waals surface area contributed by atoms with Crippen molar-refractivity contribution in [3.05, 3.63) is 65.2 Å². The lowest BCUT2D eigenvalue weighted by Crippen LogP contribution is -2.09. The lowest BCUT2D eigenvalue weighted by atomic mass is 10.0. The van der Waals surface area contributed by atoms with Gasteiger partial charge in [0, 0.05) is 15.6 Å². The molecule has 0 aliphatic rings. The van der Waals surface area contributed by atoms with E-state index in [0.717, 1.165) is 15.6 Å². The van der Waals surface area contributed by atoms with Crippen LogP contribution in [0.25, 0.3) is 11.1 Å². The third-order valence-electron chi connectivity index (χ3n) is 2.58. The van der Waals surface area contributed by atoms with Crippen LogP contribution in [0.1, 0.15) is 6.92 Å². The van der Waals surface area contributed by atoms with Crippen LogP contribution in [0.3, 0.4) is 0 Å². The van der Waals surface area contributed by atoms with E-state index in [1.807, 2.05) is 42.5 Å². The van der Waals surface area contributed by atoms with Gasteiger partial charge in [0.2, 0.25) is 0 Å². The number of carbonyl (C=O) groups excluding carboxylic acids is 1. The summed E-state index contributed by atoms with van der Waals surface area (Å²) in [7, 11) is 0. The largest absolute Gasteiger partial charge is 0.422 e. The summed E-state index contributed by atoms with van der Waals surface area (Å²) in [5.41, 5.74) is 2.25. The Bertz CT molecular complexity index is 618. The zero-order chi connectivity index (χ0) is 13.8. The van der Waals surface area contributed by atoms with E-state index in [2.05, 4.69) is 22.5 Å². The van der Waals surface area contributed by atoms with E-state index < -0.39 is 5.97 Å². The number of carbonyl (C=O) groups is 1. The Morgan fingerprint density at radius 2 is 1.84 bits per heavy atom. The van der Waals surface area contributed by atoms with Crippen LogP contribution >= 0.6 is 15.9 Å². The van der Waals surface area contributed by atoms with Gasteiger partial charge in [-0.15, -0.1) is 0 Å². The Morgan fingerprint density at radius 3 is 2.47 bits per heavy atom. The minimum absolute atomic E-state index is 0.374. The maximum atomic E-state index is 11.7. The van der Waals surface area contributed by atoms with Gasteiger partial charge in [-0.2, -0.15) is 0 Å². The maximum Gasteiger partial charge on any atom is 0.338 e. The highest BCUT2D eigenvalue weighted by Gasteiger charge is 2.11. The van der Waals surface area contributed by atoms with Gasteiger partial charge in [-0.05, 0) is 30.7 Å². The molecule has 0 aliphatic carbocycles. The summed E-state index contributed by atoms with van der Waals surface area (Å²) in [6, 6.07) is 15.4. The fourth-order valence-electron chi connectivity index (χ4n) is 1.62. The number of benzene rings is 2. The molecule has 0 aromatic heterocycles. The number of hydrogen-bond acceptors (Lipinski definition) is 2. The first-order chi connectivity index (χ1) is 9.08. The highest BCUT2D eigenvalue weighted by molar-refractivity contribution is 9.10. The molecule has 2 aromatic carbocycles. The van der Waals surface area contributed by atoms with Crippen molar-refractivity contribution in [1.82, 2.24) is 0 Å². The van der Waals surface area contributed by atoms with Crippen molar-refractivity contribution in [3.63, 3.8) is 0 Å². The highest BCUT2D eigenvalue weighted by Crippen LogP contribution is 2.32. The Balaban J connectivity index is 2.44. The molecule has 2 nitrogen and oxygen atoms in total. The Labute approximate surface area is 120 Å². The number of ether oxygens (including phenoxy) is 1. The molecule has 0 N–H and O–H groups in total. The molecule has 0 saturated carbocycles. The van der Waals surface area contributed by atoms with Crippen molar-refractivity contribution in [1.29, 1.82) is 0 Å². The molecule has 0 aliphatic heterocycles. The first kappa shape index (κ1) is 13.6. The van der Waals surface area contributed by atoms with E-state index in [-0.39, 0.29) is 0 Å². The third kappa shape index (κ3) is 3.32. The van der Waals surface area contributed by atoms with Gasteiger partial charge < -0.3 is 4.74 Å². The zero-order valence-corrected chi connectivity index (χ0v) is 12.1. The molecule has 0 amide bonds. The molecule has 0 fully saturated rings. The third-order valence-corrected chi connectivity index (χ3v) is 3.07. The molecule has 19 heavy (non-hydrogen) atoms. The number of hydrogen-bond donors (Lipinski definition) is 0. The van der Waals surface area contributed by atoms with Gasteiger partial charge >= 0.3 is 5.97 Å². The highest BCUT2D eigenvalue weighted by atomic mass is 79.9. The molecule has 0 radical (unpaired) electrons. The number of rotatable bonds is 3. The molecule has 0 unspecified atom stereocenters. The van der Waals surface area contributed by atoms with Crippen molar-refractivity contribution in [2.24, 2.45) is 0 Å². The van der Waals surface area contributed by atoms with Gasteiger partial charge in [-0.25, -0.2) is 4.79 Å². The molecular formula is C16H13BrO2. The summed E-state index contributed by atoms with van der Waals surface area (Å²) in [4.78, 5) is 11.7. The van der Waals surface area contributed by atoms with E-state index in [4.69, 9.17) is 4.74 Å². The van der Waals surface area contributed by atoms with Gasteiger partial charge in [0.1, 0.15) is 5.75 Å². The second-order valence-corrected chi connectivity index (χ2v) is 5.09. The summed E-state index contributed by atoms with van der Waals surface area (Å²) in [5, 5.41) is 0. The SMILES string of the molecule is C=C(C)C(=O)Oc1cc(Br)ccc1-c1ccccc1. The van der Waals surface area contributed by atoms with E-state index in [0.29, 0.717) is 11.3 Å². The van der Waals surface area contributed by atoms with Gasteiger partial charge in [0.15, 0.2) is 0 Å². The fourth-order valence-corrected chi connectivity index (χ4v) is 1.96. The van der Waals surface area contributed by atoms with Gasteiger partial charge in [-0.3, -0.25) is 0 Å². The van der Waals surface area contributed by atoms with Crippen LogP contribution in [-0.4, -0.2) is 5.97 Å². The Hall–Kier alpha value is -1.87. The minimum Gasteiger partial charge on any atom is -0.422 e.